The van der Waals surface area contributed by atoms with E-state index in [4.69, 9.17) is 9.47 Å². The monoisotopic (exact) mass is 262 g/mol. The molecule has 0 spiro atoms. The van der Waals surface area contributed by atoms with Crippen molar-refractivity contribution in [3.63, 3.8) is 0 Å². The molecule has 0 aromatic heterocycles. The van der Waals surface area contributed by atoms with Gasteiger partial charge in [-0.25, -0.2) is 0 Å². The van der Waals surface area contributed by atoms with Crippen molar-refractivity contribution in [3.8, 4) is 5.75 Å². The van der Waals surface area contributed by atoms with Crippen LogP contribution in [0.2, 0.25) is 0 Å². The van der Waals surface area contributed by atoms with E-state index < -0.39 is 0 Å². The highest BCUT2D eigenvalue weighted by atomic mass is 16.5. The van der Waals surface area contributed by atoms with Crippen molar-refractivity contribution >= 4 is 11.8 Å². The molecule has 4 heteroatoms. The summed E-state index contributed by atoms with van der Waals surface area (Å²) in [6, 6.07) is 5.45. The number of ether oxygens (including phenoxy) is 2. The number of carbonyl (C=O) groups excluding carboxylic acids is 2. The maximum Gasteiger partial charge on any atom is 0.302 e. The van der Waals surface area contributed by atoms with Gasteiger partial charge in [-0.05, 0) is 30.2 Å². The molecule has 0 bridgehead atoms. The third kappa shape index (κ3) is 2.62. The highest BCUT2D eigenvalue weighted by Gasteiger charge is 2.36. The molecule has 4 nitrogen and oxygen atoms in total. The second kappa shape index (κ2) is 5.03. The van der Waals surface area contributed by atoms with E-state index in [1.807, 2.05) is 13.0 Å². The molecule has 0 N–H and O–H groups in total. The van der Waals surface area contributed by atoms with Gasteiger partial charge in [0.1, 0.15) is 12.4 Å². The Morgan fingerprint density at radius 2 is 2.16 bits per heavy atom. The smallest absolute Gasteiger partial charge is 0.302 e. The molecule has 2 rings (SSSR count). The number of hydrogen-bond donors (Lipinski definition) is 0. The third-order valence-electron chi connectivity index (χ3n) is 3.68. The van der Waals surface area contributed by atoms with Crippen LogP contribution in [0.1, 0.15) is 42.6 Å². The molecule has 1 aliphatic carbocycles. The van der Waals surface area contributed by atoms with Crippen LogP contribution in [0.15, 0.2) is 18.2 Å². The van der Waals surface area contributed by atoms with Crippen LogP contribution < -0.4 is 4.74 Å². The van der Waals surface area contributed by atoms with E-state index in [1.54, 1.807) is 19.2 Å². The predicted molar refractivity (Wildman–Crippen MR) is 70.5 cm³/mol. The van der Waals surface area contributed by atoms with Gasteiger partial charge in [-0.3, -0.25) is 9.59 Å². The van der Waals surface area contributed by atoms with E-state index in [9.17, 15) is 9.59 Å². The summed E-state index contributed by atoms with van der Waals surface area (Å²) in [6.45, 7) is 3.69. The lowest BCUT2D eigenvalue weighted by Crippen LogP contribution is -2.35. The average molecular weight is 262 g/mol. The Morgan fingerprint density at radius 3 is 2.79 bits per heavy atom. The van der Waals surface area contributed by atoms with Crippen LogP contribution in [0, 0.1) is 0 Å². The first kappa shape index (κ1) is 13.6. The molecule has 0 fully saturated rings. The first-order valence-electron chi connectivity index (χ1n) is 6.31. The molecule has 1 aliphatic rings. The molecular weight excluding hydrogens is 244 g/mol. The SMILES string of the molecule is COc1ccc2c(c1)C(C)(COC(C)=O)CCC2=O. The van der Waals surface area contributed by atoms with Gasteiger partial charge in [-0.1, -0.05) is 6.92 Å². The Labute approximate surface area is 112 Å². The molecule has 0 saturated heterocycles. The Bertz CT molecular complexity index is 521. The molecule has 102 valence electrons. The number of rotatable bonds is 3. The fourth-order valence-corrected chi connectivity index (χ4v) is 2.46. The molecule has 0 heterocycles. The number of benzene rings is 1. The molecule has 1 atom stereocenters. The predicted octanol–water partition coefficient (Wildman–Crippen LogP) is 2.49. The summed E-state index contributed by atoms with van der Waals surface area (Å²) in [5.41, 5.74) is 1.29. The Morgan fingerprint density at radius 1 is 1.42 bits per heavy atom. The highest BCUT2D eigenvalue weighted by molar-refractivity contribution is 5.99. The van der Waals surface area contributed by atoms with Crippen molar-refractivity contribution in [2.75, 3.05) is 13.7 Å². The Balaban J connectivity index is 2.41. The van der Waals surface area contributed by atoms with Crippen LogP contribution in [0.4, 0.5) is 0 Å². The normalized spacial score (nSPS) is 21.7. The lowest BCUT2D eigenvalue weighted by atomic mass is 9.71. The van der Waals surface area contributed by atoms with Gasteiger partial charge in [0.2, 0.25) is 0 Å². The fourth-order valence-electron chi connectivity index (χ4n) is 2.46. The number of hydrogen-bond acceptors (Lipinski definition) is 4. The summed E-state index contributed by atoms with van der Waals surface area (Å²) in [7, 11) is 1.59. The van der Waals surface area contributed by atoms with Gasteiger partial charge in [-0.2, -0.15) is 0 Å². The molecule has 1 unspecified atom stereocenters. The molecular formula is C15H18O4. The van der Waals surface area contributed by atoms with Crippen LogP contribution in [0.25, 0.3) is 0 Å². The first-order chi connectivity index (χ1) is 8.96. The number of fused-ring (bicyclic) bond motifs is 1. The molecule has 19 heavy (non-hydrogen) atoms. The summed E-state index contributed by atoms with van der Waals surface area (Å²) >= 11 is 0. The van der Waals surface area contributed by atoms with Crippen molar-refractivity contribution in [1.29, 1.82) is 0 Å². The summed E-state index contributed by atoms with van der Waals surface area (Å²) in [6.07, 6.45) is 1.16. The van der Waals surface area contributed by atoms with Crippen molar-refractivity contribution in [1.82, 2.24) is 0 Å². The minimum Gasteiger partial charge on any atom is -0.497 e. The number of carbonyl (C=O) groups is 2. The lowest BCUT2D eigenvalue weighted by molar-refractivity contribution is -0.142. The van der Waals surface area contributed by atoms with Crippen molar-refractivity contribution < 1.29 is 19.1 Å². The average Bonchev–Trinajstić information content (AvgIpc) is 2.41. The summed E-state index contributed by atoms with van der Waals surface area (Å²) in [5.74, 6) is 0.544. The second-order valence-electron chi connectivity index (χ2n) is 5.18. The van der Waals surface area contributed by atoms with E-state index in [2.05, 4.69) is 0 Å². The van der Waals surface area contributed by atoms with Gasteiger partial charge in [0, 0.05) is 24.3 Å². The van der Waals surface area contributed by atoms with E-state index in [0.29, 0.717) is 24.2 Å². The van der Waals surface area contributed by atoms with Gasteiger partial charge < -0.3 is 9.47 Å². The fraction of sp³-hybridized carbons (Fsp3) is 0.467. The number of esters is 1. The highest BCUT2D eigenvalue weighted by Crippen LogP contribution is 2.39. The van der Waals surface area contributed by atoms with Crippen molar-refractivity contribution in [2.24, 2.45) is 0 Å². The Kier molecular flexibility index (Phi) is 3.60. The third-order valence-corrected chi connectivity index (χ3v) is 3.68. The van der Waals surface area contributed by atoms with Gasteiger partial charge in [0.05, 0.1) is 7.11 Å². The maximum atomic E-state index is 12.0. The molecule has 0 aliphatic heterocycles. The molecule has 0 radical (unpaired) electrons. The molecule has 1 aromatic rings. The minimum atomic E-state index is -0.330. The molecule has 0 saturated carbocycles. The minimum absolute atomic E-state index is 0.137. The van der Waals surface area contributed by atoms with Crippen LogP contribution >= 0.6 is 0 Å². The summed E-state index contributed by atoms with van der Waals surface area (Å²) < 4.78 is 10.4. The zero-order valence-electron chi connectivity index (χ0n) is 11.5. The maximum absolute atomic E-state index is 12.0. The number of methoxy groups -OCH3 is 1. The van der Waals surface area contributed by atoms with E-state index in [0.717, 1.165) is 5.56 Å². The van der Waals surface area contributed by atoms with Crippen LogP contribution in [0.5, 0.6) is 5.75 Å². The van der Waals surface area contributed by atoms with E-state index >= 15 is 0 Å². The van der Waals surface area contributed by atoms with Gasteiger partial charge in [0.25, 0.3) is 0 Å². The van der Waals surface area contributed by atoms with E-state index in [1.165, 1.54) is 6.92 Å². The van der Waals surface area contributed by atoms with Crippen LogP contribution in [-0.2, 0) is 14.9 Å². The molecule has 0 amide bonds. The zero-order valence-corrected chi connectivity index (χ0v) is 11.5. The van der Waals surface area contributed by atoms with Crippen LogP contribution in [-0.4, -0.2) is 25.5 Å². The molecule has 1 aromatic carbocycles. The summed E-state index contributed by atoms with van der Waals surface area (Å²) in [5, 5.41) is 0. The van der Waals surface area contributed by atoms with Crippen LogP contribution in [0.3, 0.4) is 0 Å². The quantitative estimate of drug-likeness (QED) is 0.785. The topological polar surface area (TPSA) is 52.6 Å². The van der Waals surface area contributed by atoms with Gasteiger partial charge >= 0.3 is 5.97 Å². The number of ketones is 1. The largest absolute Gasteiger partial charge is 0.497 e. The first-order valence-corrected chi connectivity index (χ1v) is 6.31. The van der Waals surface area contributed by atoms with Gasteiger partial charge in [0.15, 0.2) is 5.78 Å². The summed E-state index contributed by atoms with van der Waals surface area (Å²) in [4.78, 5) is 23.0. The van der Waals surface area contributed by atoms with Crippen molar-refractivity contribution in [2.45, 2.75) is 32.1 Å². The zero-order chi connectivity index (χ0) is 14.0. The standard InChI is InChI=1S/C15H18O4/c1-10(16)19-9-15(2)7-6-14(17)12-5-4-11(18-3)8-13(12)15/h4-5,8H,6-7,9H2,1-3H3. The lowest BCUT2D eigenvalue weighted by Gasteiger charge is -2.34. The van der Waals surface area contributed by atoms with Gasteiger partial charge in [-0.15, -0.1) is 0 Å². The number of Topliss-reactive ketones (excluding diaryl/α,β-unsaturated/α-hetero) is 1. The van der Waals surface area contributed by atoms with Crippen molar-refractivity contribution in [3.05, 3.63) is 29.3 Å². The second-order valence-corrected chi connectivity index (χ2v) is 5.18. The van der Waals surface area contributed by atoms with E-state index in [-0.39, 0.29) is 23.8 Å². The Hall–Kier alpha value is -1.84.